The largest absolute Gasteiger partial charge is 0.481 e. The van der Waals surface area contributed by atoms with E-state index < -0.39 is 23.3 Å². The first-order valence-corrected chi connectivity index (χ1v) is 26.0. The number of fused-ring (bicyclic) bond motifs is 2. The molecule has 0 saturated heterocycles. The van der Waals surface area contributed by atoms with E-state index in [2.05, 4.69) is 63.1 Å². The van der Waals surface area contributed by atoms with Gasteiger partial charge in [-0.2, -0.15) is 0 Å². The second-order valence-electron chi connectivity index (χ2n) is 16.9. The standard InChI is InChI=1S/C28H24F2N6O2.C27H22F2N6O2.CH3I/c1-36-13-12-31-24(36)4-3-11-32-28(37)18-7-10-22-23(14-18)35-27(20-15-25(38-2)33-16-21(20)30)26(34-22)17-5-8-19(29)9-6-17;1-37-24-14-19(20(29)15-33-24)26-25(16-4-7-18(28)8-5-16)34-21-9-6-17(13-22(21)35-26)27(36)32-10-2-3-23-30-11-12-31-23;1-2/h5-10,12-16H,3-4,11H2,1-2H3,(H,32,37);4-9,11-15H,2-3,10H2,1H3,(H,30,31)(H,32,36);1H3. The van der Waals surface area contributed by atoms with Crippen LogP contribution in [0, 0.1) is 23.3 Å². The number of benzene rings is 4. The molecular formula is C56H49F4IN12O4. The fourth-order valence-electron chi connectivity index (χ4n) is 7.99. The molecule has 0 spiro atoms. The zero-order valence-electron chi connectivity index (χ0n) is 42.0. The second-order valence-corrected chi connectivity index (χ2v) is 16.9. The van der Waals surface area contributed by atoms with E-state index in [0.717, 1.165) is 43.3 Å². The number of pyridine rings is 2. The molecule has 16 nitrogen and oxygen atoms in total. The van der Waals surface area contributed by atoms with Crippen molar-refractivity contribution in [1.82, 2.24) is 60.1 Å². The minimum absolute atomic E-state index is 0.119. The Morgan fingerprint density at radius 3 is 1.47 bits per heavy atom. The molecule has 0 unspecified atom stereocenters. The van der Waals surface area contributed by atoms with E-state index in [-0.39, 0.29) is 46.1 Å². The lowest BCUT2D eigenvalue weighted by atomic mass is 10.0. The van der Waals surface area contributed by atoms with Gasteiger partial charge in [0.1, 0.15) is 34.7 Å². The molecule has 0 aliphatic heterocycles. The van der Waals surface area contributed by atoms with Gasteiger partial charge >= 0.3 is 0 Å². The van der Waals surface area contributed by atoms with Gasteiger partial charge in [-0.3, -0.25) is 9.59 Å². The minimum Gasteiger partial charge on any atom is -0.481 e. The zero-order valence-corrected chi connectivity index (χ0v) is 44.1. The number of carbonyl (C=O) groups excluding carboxylic acids is 2. The van der Waals surface area contributed by atoms with Gasteiger partial charge in [0.25, 0.3) is 11.8 Å². The maximum Gasteiger partial charge on any atom is 0.251 e. The Bertz CT molecular complexity index is 3660. The van der Waals surface area contributed by atoms with Gasteiger partial charge in [-0.05, 0) is 103 Å². The molecule has 6 heterocycles. The average molecular weight is 1160 g/mol. The van der Waals surface area contributed by atoms with Crippen LogP contribution >= 0.6 is 22.6 Å². The summed E-state index contributed by atoms with van der Waals surface area (Å²) in [5.41, 5.74) is 5.10. The lowest BCUT2D eigenvalue weighted by Crippen LogP contribution is -2.25. The van der Waals surface area contributed by atoms with Crippen LogP contribution in [0.15, 0.2) is 134 Å². The highest BCUT2D eigenvalue weighted by atomic mass is 127. The highest BCUT2D eigenvalue weighted by Gasteiger charge is 2.21. The number of aromatic nitrogens is 10. The number of H-pyrrole nitrogens is 1. The number of alkyl halides is 1. The maximum atomic E-state index is 14.9. The summed E-state index contributed by atoms with van der Waals surface area (Å²) >= 11 is 2.15. The van der Waals surface area contributed by atoms with Crippen LogP contribution in [0.3, 0.4) is 0 Å². The minimum atomic E-state index is -0.622. The van der Waals surface area contributed by atoms with Crippen LogP contribution in [-0.4, -0.2) is 93.5 Å². The fourth-order valence-corrected chi connectivity index (χ4v) is 7.99. The Morgan fingerprint density at radius 1 is 0.571 bits per heavy atom. The molecule has 0 atom stereocenters. The molecule has 0 radical (unpaired) electrons. The van der Waals surface area contributed by atoms with Crippen LogP contribution in [0.4, 0.5) is 17.6 Å². The summed E-state index contributed by atoms with van der Waals surface area (Å²) in [5.74, 6) is -0.361. The lowest BCUT2D eigenvalue weighted by molar-refractivity contribution is 0.0945. The van der Waals surface area contributed by atoms with Gasteiger partial charge in [0.05, 0.1) is 60.1 Å². The topological polar surface area (TPSA) is 200 Å². The van der Waals surface area contributed by atoms with Gasteiger partial charge in [-0.15, -0.1) is 0 Å². The quantitative estimate of drug-likeness (QED) is 0.0358. The molecule has 3 N–H and O–H groups in total. The lowest BCUT2D eigenvalue weighted by Gasteiger charge is -2.13. The number of hydrogen-bond acceptors (Lipinski definition) is 12. The average Bonchev–Trinajstić information content (AvgIpc) is 4.17. The summed E-state index contributed by atoms with van der Waals surface area (Å²) in [5, 5.41) is 5.80. The predicted molar refractivity (Wildman–Crippen MR) is 292 cm³/mol. The summed E-state index contributed by atoms with van der Waals surface area (Å²) in [6, 6.07) is 24.2. The van der Waals surface area contributed by atoms with Crippen molar-refractivity contribution in [2.24, 2.45) is 7.05 Å². The molecule has 0 aliphatic rings. The molecule has 0 bridgehead atoms. The number of ether oxygens (including phenoxy) is 2. The number of aromatic amines is 1. The molecule has 10 aromatic rings. The monoisotopic (exact) mass is 1160 g/mol. The van der Waals surface area contributed by atoms with Crippen molar-refractivity contribution in [2.45, 2.75) is 25.7 Å². The molecule has 4 aromatic carbocycles. The summed E-state index contributed by atoms with van der Waals surface area (Å²) in [7, 11) is 4.79. The molecule has 392 valence electrons. The molecular weight excluding hydrogens is 1110 g/mol. The molecule has 2 amide bonds. The van der Waals surface area contributed by atoms with E-state index in [0.29, 0.717) is 75.2 Å². The number of halogens is 5. The Kier molecular flexibility index (Phi) is 18.2. The van der Waals surface area contributed by atoms with E-state index in [1.807, 2.05) is 22.7 Å². The second kappa shape index (κ2) is 25.7. The first-order valence-electron chi connectivity index (χ1n) is 23.9. The third kappa shape index (κ3) is 13.4. The SMILES string of the molecule is CI.COc1cc(-c2nc3cc(C(=O)NCCCc4ncc[nH]4)ccc3nc2-c2ccc(F)cc2)c(F)cn1.COc1cc(-c2nc3cc(C(=O)NCCCc4nccn4C)ccc3nc2-c2ccc(F)cc2)c(F)cn1. The first kappa shape index (κ1) is 54.5. The highest BCUT2D eigenvalue weighted by molar-refractivity contribution is 14.1. The number of hydrogen-bond donors (Lipinski definition) is 3. The molecule has 0 aliphatic carbocycles. The number of nitrogens with one attached hydrogen (secondary N) is 3. The Hall–Kier alpha value is -8.73. The van der Waals surface area contributed by atoms with Crippen LogP contribution in [-0.2, 0) is 19.9 Å². The van der Waals surface area contributed by atoms with Crippen molar-refractivity contribution in [1.29, 1.82) is 0 Å². The highest BCUT2D eigenvalue weighted by Crippen LogP contribution is 2.36. The van der Waals surface area contributed by atoms with Gasteiger partial charge in [-0.1, -0.05) is 22.6 Å². The first-order chi connectivity index (χ1) is 37.4. The predicted octanol–water partition coefficient (Wildman–Crippen LogP) is 10.5. The van der Waals surface area contributed by atoms with Crippen LogP contribution in [0.25, 0.3) is 67.1 Å². The third-order valence-corrected chi connectivity index (χ3v) is 11.9. The molecule has 0 saturated carbocycles. The number of aryl methyl sites for hydroxylation is 3. The van der Waals surface area contributed by atoms with Crippen molar-refractivity contribution in [2.75, 3.05) is 32.2 Å². The van der Waals surface area contributed by atoms with Crippen LogP contribution < -0.4 is 20.1 Å². The van der Waals surface area contributed by atoms with Crippen LogP contribution in [0.1, 0.15) is 45.2 Å². The molecule has 21 heteroatoms. The van der Waals surface area contributed by atoms with Crippen molar-refractivity contribution < 1.29 is 36.6 Å². The van der Waals surface area contributed by atoms with Gasteiger partial charge in [0, 0.05) is 103 Å². The number of nitrogens with zero attached hydrogens (tertiary/aromatic N) is 9. The number of carbonyl (C=O) groups is 2. The Labute approximate surface area is 453 Å². The number of imidazole rings is 2. The van der Waals surface area contributed by atoms with E-state index in [4.69, 9.17) is 24.4 Å². The normalized spacial score (nSPS) is 10.8. The molecule has 10 rings (SSSR count). The number of amides is 2. The van der Waals surface area contributed by atoms with Gasteiger partial charge < -0.3 is 29.7 Å². The van der Waals surface area contributed by atoms with E-state index in [9.17, 15) is 27.2 Å². The van der Waals surface area contributed by atoms with Gasteiger partial charge in [0.2, 0.25) is 11.8 Å². The number of methoxy groups -OCH3 is 2. The van der Waals surface area contributed by atoms with Gasteiger partial charge in [-0.25, -0.2) is 57.4 Å². The summed E-state index contributed by atoms with van der Waals surface area (Å²) in [6.07, 6.45) is 12.1. The summed E-state index contributed by atoms with van der Waals surface area (Å²) in [4.78, 5) is 65.6. The summed E-state index contributed by atoms with van der Waals surface area (Å²) < 4.78 is 69.3. The van der Waals surface area contributed by atoms with E-state index >= 15 is 0 Å². The van der Waals surface area contributed by atoms with Crippen LogP contribution in [0.2, 0.25) is 0 Å². The number of rotatable bonds is 16. The van der Waals surface area contributed by atoms with Crippen molar-refractivity contribution in [3.05, 3.63) is 180 Å². The smallest absolute Gasteiger partial charge is 0.251 e. The van der Waals surface area contributed by atoms with Crippen molar-refractivity contribution in [3.63, 3.8) is 0 Å². The zero-order chi connectivity index (χ0) is 54.4. The fraction of sp³-hybridized carbons (Fsp3) is 0.179. The van der Waals surface area contributed by atoms with E-state index in [1.165, 1.54) is 50.6 Å². The molecule has 0 fully saturated rings. The Morgan fingerprint density at radius 2 is 1.04 bits per heavy atom. The van der Waals surface area contributed by atoms with Gasteiger partial charge in [0.15, 0.2) is 11.6 Å². The molecule has 6 aromatic heterocycles. The van der Waals surface area contributed by atoms with Crippen LogP contribution in [0.5, 0.6) is 11.8 Å². The van der Waals surface area contributed by atoms with Crippen molar-refractivity contribution in [3.8, 4) is 56.8 Å². The molecule has 77 heavy (non-hydrogen) atoms. The van der Waals surface area contributed by atoms with E-state index in [1.54, 1.807) is 79.3 Å². The summed E-state index contributed by atoms with van der Waals surface area (Å²) in [6.45, 7) is 0.951. The Balaban J connectivity index is 0.000000197. The maximum absolute atomic E-state index is 14.9. The third-order valence-electron chi connectivity index (χ3n) is 11.9. The van der Waals surface area contributed by atoms with Crippen molar-refractivity contribution >= 4 is 56.5 Å².